The van der Waals surface area contributed by atoms with E-state index in [1.54, 1.807) is 0 Å². The van der Waals surface area contributed by atoms with E-state index in [1.165, 1.54) is 21.9 Å². The highest BCUT2D eigenvalue weighted by Crippen LogP contribution is 2.37. The van der Waals surface area contributed by atoms with Crippen LogP contribution in [-0.2, 0) is 6.54 Å². The van der Waals surface area contributed by atoms with Gasteiger partial charge in [-0.2, -0.15) is 0 Å². The molecule has 23 heavy (non-hydrogen) atoms. The van der Waals surface area contributed by atoms with Gasteiger partial charge < -0.3 is 10.6 Å². The fourth-order valence-electron chi connectivity index (χ4n) is 3.33. The van der Waals surface area contributed by atoms with Crippen molar-refractivity contribution >= 4 is 28.1 Å². The Kier molecular flexibility index (Phi) is 3.08. The molecule has 3 nitrogen and oxygen atoms in total. The van der Waals surface area contributed by atoms with Crippen molar-refractivity contribution in [2.45, 2.75) is 20.4 Å². The maximum Gasteiger partial charge on any atom is 0.201 e. The van der Waals surface area contributed by atoms with E-state index in [1.807, 2.05) is 6.07 Å². The summed E-state index contributed by atoms with van der Waals surface area (Å²) in [7, 11) is 0. The molecule has 0 bridgehead atoms. The number of nitrogens with zero attached hydrogens (tertiary/aromatic N) is 2. The third-order valence-corrected chi connectivity index (χ3v) is 4.45. The normalized spacial score (nSPS) is 13.8. The van der Waals surface area contributed by atoms with Gasteiger partial charge in [0.1, 0.15) is 0 Å². The standard InChI is InChI=1S/C20H19N3/c1-13-9-10-17(14(2)11-13)22-20(21)23-12-16-7-3-5-15-6-4-8-18(23)19(15)16/h3-11H,12H2,1-2H3,(H2,21,22). The predicted molar refractivity (Wildman–Crippen MR) is 97.3 cm³/mol. The van der Waals surface area contributed by atoms with E-state index in [4.69, 9.17) is 5.73 Å². The number of aliphatic imine (C=N–C) groups is 1. The maximum absolute atomic E-state index is 6.35. The van der Waals surface area contributed by atoms with Gasteiger partial charge in [-0.15, -0.1) is 0 Å². The molecule has 3 aromatic carbocycles. The second kappa shape index (κ2) is 5.13. The molecule has 0 aliphatic carbocycles. The minimum atomic E-state index is 0.542. The molecule has 2 N–H and O–H groups in total. The van der Waals surface area contributed by atoms with Crippen molar-refractivity contribution < 1.29 is 0 Å². The minimum Gasteiger partial charge on any atom is -0.369 e. The molecule has 0 aromatic heterocycles. The van der Waals surface area contributed by atoms with Gasteiger partial charge in [-0.25, -0.2) is 4.99 Å². The summed E-state index contributed by atoms with van der Waals surface area (Å²) in [6.07, 6.45) is 0. The van der Waals surface area contributed by atoms with Crippen LogP contribution in [0.15, 0.2) is 59.6 Å². The number of guanidine groups is 1. The Labute approximate surface area is 136 Å². The molecule has 1 aliphatic heterocycles. The van der Waals surface area contributed by atoms with E-state index in [9.17, 15) is 0 Å². The number of nitrogens with two attached hydrogens (primary N) is 1. The van der Waals surface area contributed by atoms with Crippen molar-refractivity contribution in [1.29, 1.82) is 0 Å². The predicted octanol–water partition coefficient (Wildman–Crippen LogP) is 4.42. The largest absolute Gasteiger partial charge is 0.369 e. The van der Waals surface area contributed by atoms with Crippen molar-refractivity contribution in [3.8, 4) is 0 Å². The zero-order valence-electron chi connectivity index (χ0n) is 13.4. The Morgan fingerprint density at radius 3 is 2.61 bits per heavy atom. The molecule has 1 aliphatic rings. The lowest BCUT2D eigenvalue weighted by Crippen LogP contribution is -2.34. The van der Waals surface area contributed by atoms with Crippen LogP contribution in [0.25, 0.3) is 10.8 Å². The monoisotopic (exact) mass is 301 g/mol. The summed E-state index contributed by atoms with van der Waals surface area (Å²) in [6, 6.07) is 19.0. The van der Waals surface area contributed by atoms with Crippen LogP contribution in [0, 0.1) is 13.8 Å². The van der Waals surface area contributed by atoms with Gasteiger partial charge in [0.25, 0.3) is 0 Å². The summed E-state index contributed by atoms with van der Waals surface area (Å²) in [5.41, 5.74) is 12.1. The van der Waals surface area contributed by atoms with Gasteiger partial charge in [-0.3, -0.25) is 0 Å². The average molecular weight is 301 g/mol. The first-order valence-corrected chi connectivity index (χ1v) is 7.83. The van der Waals surface area contributed by atoms with Crippen LogP contribution in [0.3, 0.4) is 0 Å². The first kappa shape index (κ1) is 13.8. The number of benzene rings is 3. The zero-order chi connectivity index (χ0) is 16.0. The Balaban J connectivity index is 1.78. The molecule has 0 amide bonds. The molecule has 3 aromatic rings. The van der Waals surface area contributed by atoms with Crippen LogP contribution < -0.4 is 10.6 Å². The lowest BCUT2D eigenvalue weighted by Gasteiger charge is -2.18. The van der Waals surface area contributed by atoms with Crippen LogP contribution in [0.5, 0.6) is 0 Å². The van der Waals surface area contributed by atoms with Gasteiger partial charge in [0.15, 0.2) is 0 Å². The Morgan fingerprint density at radius 2 is 1.83 bits per heavy atom. The summed E-state index contributed by atoms with van der Waals surface area (Å²) in [5.74, 6) is 0.542. The summed E-state index contributed by atoms with van der Waals surface area (Å²) in [5, 5.41) is 2.54. The van der Waals surface area contributed by atoms with E-state index < -0.39 is 0 Å². The van der Waals surface area contributed by atoms with Crippen molar-refractivity contribution in [1.82, 2.24) is 0 Å². The minimum absolute atomic E-state index is 0.542. The van der Waals surface area contributed by atoms with Crippen LogP contribution in [0.4, 0.5) is 11.4 Å². The second-order valence-electron chi connectivity index (χ2n) is 6.14. The number of hydrogen-bond donors (Lipinski definition) is 1. The lowest BCUT2D eigenvalue weighted by atomic mass is 10.1. The van der Waals surface area contributed by atoms with E-state index in [2.05, 4.69) is 72.3 Å². The average Bonchev–Trinajstić information content (AvgIpc) is 2.92. The Bertz CT molecular complexity index is 936. The highest BCUT2D eigenvalue weighted by Gasteiger charge is 2.23. The molecule has 0 saturated heterocycles. The molecule has 0 atom stereocenters. The van der Waals surface area contributed by atoms with Crippen LogP contribution in [-0.4, -0.2) is 5.96 Å². The molecule has 0 saturated carbocycles. The molecule has 0 unspecified atom stereocenters. The molecule has 0 spiro atoms. The summed E-state index contributed by atoms with van der Waals surface area (Å²) >= 11 is 0. The van der Waals surface area contributed by atoms with Crippen molar-refractivity contribution in [2.75, 3.05) is 4.90 Å². The van der Waals surface area contributed by atoms with Crippen molar-refractivity contribution in [3.63, 3.8) is 0 Å². The molecular weight excluding hydrogens is 282 g/mol. The highest BCUT2D eigenvalue weighted by atomic mass is 15.3. The van der Waals surface area contributed by atoms with Gasteiger partial charge in [-0.05, 0) is 42.5 Å². The zero-order valence-corrected chi connectivity index (χ0v) is 13.4. The first-order chi connectivity index (χ1) is 11.1. The highest BCUT2D eigenvalue weighted by molar-refractivity contribution is 6.09. The topological polar surface area (TPSA) is 41.6 Å². The number of hydrogen-bond acceptors (Lipinski definition) is 1. The molecule has 0 radical (unpaired) electrons. The molecule has 4 rings (SSSR count). The van der Waals surface area contributed by atoms with E-state index in [0.29, 0.717) is 5.96 Å². The third kappa shape index (κ3) is 2.25. The Hall–Kier alpha value is -2.81. The van der Waals surface area contributed by atoms with Gasteiger partial charge >= 0.3 is 0 Å². The van der Waals surface area contributed by atoms with E-state index >= 15 is 0 Å². The Morgan fingerprint density at radius 1 is 1.04 bits per heavy atom. The number of anilines is 1. The molecule has 3 heteroatoms. The van der Waals surface area contributed by atoms with Crippen molar-refractivity contribution in [3.05, 3.63) is 71.3 Å². The molecule has 0 fully saturated rings. The fraction of sp³-hybridized carbons (Fsp3) is 0.150. The van der Waals surface area contributed by atoms with Gasteiger partial charge in [-0.1, -0.05) is 48.0 Å². The summed E-state index contributed by atoms with van der Waals surface area (Å²) in [4.78, 5) is 6.77. The van der Waals surface area contributed by atoms with Gasteiger partial charge in [0.05, 0.1) is 17.9 Å². The molecule has 1 heterocycles. The fourth-order valence-corrected chi connectivity index (χ4v) is 3.33. The van der Waals surface area contributed by atoms with Gasteiger partial charge in [0, 0.05) is 5.39 Å². The van der Waals surface area contributed by atoms with Gasteiger partial charge in [0.2, 0.25) is 5.96 Å². The van der Waals surface area contributed by atoms with E-state index in [0.717, 1.165) is 23.5 Å². The maximum atomic E-state index is 6.35. The molecule has 114 valence electrons. The number of rotatable bonds is 1. The summed E-state index contributed by atoms with van der Waals surface area (Å²) < 4.78 is 0. The SMILES string of the molecule is Cc1ccc(N=C(N)N2Cc3cccc4cccc2c34)c(C)c1. The lowest BCUT2D eigenvalue weighted by molar-refractivity contribution is 1.04. The quantitative estimate of drug-likeness (QED) is 0.534. The molecular formula is C20H19N3. The number of aryl methyl sites for hydroxylation is 2. The van der Waals surface area contributed by atoms with Crippen LogP contribution in [0.2, 0.25) is 0 Å². The van der Waals surface area contributed by atoms with Crippen LogP contribution >= 0.6 is 0 Å². The first-order valence-electron chi connectivity index (χ1n) is 7.83. The van der Waals surface area contributed by atoms with E-state index in [-0.39, 0.29) is 0 Å². The smallest absolute Gasteiger partial charge is 0.201 e. The summed E-state index contributed by atoms with van der Waals surface area (Å²) in [6.45, 7) is 4.93. The second-order valence-corrected chi connectivity index (χ2v) is 6.14. The third-order valence-electron chi connectivity index (χ3n) is 4.45. The van der Waals surface area contributed by atoms with Crippen LogP contribution in [0.1, 0.15) is 16.7 Å². The van der Waals surface area contributed by atoms with Crippen molar-refractivity contribution in [2.24, 2.45) is 10.7 Å².